The van der Waals surface area contributed by atoms with Gasteiger partial charge >= 0.3 is 5.97 Å². The number of aliphatic carboxylic acids is 1. The summed E-state index contributed by atoms with van der Waals surface area (Å²) in [6.07, 6.45) is 0. The van der Waals surface area contributed by atoms with Gasteiger partial charge in [-0.25, -0.2) is 4.98 Å². The topological polar surface area (TPSA) is 79.3 Å². The van der Waals surface area contributed by atoms with Crippen molar-refractivity contribution in [1.82, 2.24) is 10.3 Å². The van der Waals surface area contributed by atoms with Crippen molar-refractivity contribution in [3.05, 3.63) is 16.1 Å². The Morgan fingerprint density at radius 1 is 1.50 bits per heavy atom. The van der Waals surface area contributed by atoms with Gasteiger partial charge in [-0.2, -0.15) is 0 Å². The van der Waals surface area contributed by atoms with Crippen LogP contribution in [0.15, 0.2) is 5.51 Å². The van der Waals surface area contributed by atoms with Crippen LogP contribution >= 0.6 is 11.3 Å². The van der Waals surface area contributed by atoms with Crippen LogP contribution in [0.4, 0.5) is 0 Å². The zero-order valence-electron chi connectivity index (χ0n) is 11.0. The van der Waals surface area contributed by atoms with Crippen LogP contribution in [0, 0.1) is 5.92 Å². The molecule has 0 saturated carbocycles. The molecule has 0 fully saturated rings. The molecule has 1 amide bonds. The zero-order valence-corrected chi connectivity index (χ0v) is 11.8. The minimum absolute atomic E-state index is 0.121. The Morgan fingerprint density at radius 2 is 2.11 bits per heavy atom. The number of amides is 1. The summed E-state index contributed by atoms with van der Waals surface area (Å²) in [6, 6.07) is 0. The third-order valence-electron chi connectivity index (χ3n) is 2.47. The molecule has 2 N–H and O–H groups in total. The maximum absolute atomic E-state index is 12.0. The Balaban J connectivity index is 2.74. The molecule has 1 aromatic rings. The summed E-state index contributed by atoms with van der Waals surface area (Å²) in [7, 11) is 0. The van der Waals surface area contributed by atoms with E-state index in [0.29, 0.717) is 4.88 Å². The first-order valence-corrected chi connectivity index (χ1v) is 6.56. The van der Waals surface area contributed by atoms with E-state index in [1.54, 1.807) is 12.4 Å². The van der Waals surface area contributed by atoms with E-state index in [1.807, 2.05) is 20.8 Å². The number of carboxylic acids is 1. The maximum atomic E-state index is 12.0. The lowest BCUT2D eigenvalue weighted by atomic mass is 9.91. The summed E-state index contributed by atoms with van der Waals surface area (Å²) in [5.41, 5.74) is 2.18. The third kappa shape index (κ3) is 3.53. The van der Waals surface area contributed by atoms with Crippen molar-refractivity contribution >= 4 is 23.2 Å². The summed E-state index contributed by atoms with van der Waals surface area (Å²) >= 11 is 1.27. The van der Waals surface area contributed by atoms with Crippen LogP contribution in [0.5, 0.6) is 0 Å². The summed E-state index contributed by atoms with van der Waals surface area (Å²) in [5, 5.41) is 11.4. The van der Waals surface area contributed by atoms with Crippen LogP contribution in [0.1, 0.15) is 43.1 Å². The van der Waals surface area contributed by atoms with Gasteiger partial charge < -0.3 is 10.4 Å². The van der Waals surface area contributed by atoms with Gasteiger partial charge in [0.25, 0.3) is 5.91 Å². The fourth-order valence-electron chi connectivity index (χ4n) is 1.35. The Kier molecular flexibility index (Phi) is 4.45. The highest BCUT2D eigenvalue weighted by atomic mass is 32.1. The average Bonchev–Trinajstić information content (AvgIpc) is 2.73. The zero-order chi connectivity index (χ0) is 13.9. The number of nitrogens with one attached hydrogen (secondary N) is 1. The molecule has 0 aliphatic carbocycles. The SMILES string of the molecule is CC(CNC(=O)c1scnc1C(C)(C)C)C(=O)O. The number of nitrogens with zero attached hydrogens (tertiary/aromatic N) is 1. The van der Waals surface area contributed by atoms with Crippen LogP contribution in [0.3, 0.4) is 0 Å². The number of hydrogen-bond acceptors (Lipinski definition) is 4. The van der Waals surface area contributed by atoms with Crippen molar-refractivity contribution < 1.29 is 14.7 Å². The summed E-state index contributed by atoms with van der Waals surface area (Å²) in [5.74, 6) is -1.77. The van der Waals surface area contributed by atoms with Crippen molar-refractivity contribution in [2.75, 3.05) is 6.54 Å². The molecule has 0 aliphatic rings. The second-order valence-electron chi connectivity index (χ2n) is 5.23. The molecule has 0 radical (unpaired) electrons. The van der Waals surface area contributed by atoms with Gasteiger partial charge in [-0.3, -0.25) is 9.59 Å². The van der Waals surface area contributed by atoms with E-state index in [1.165, 1.54) is 11.3 Å². The second kappa shape index (κ2) is 5.48. The van der Waals surface area contributed by atoms with Crippen molar-refractivity contribution in [3.8, 4) is 0 Å². The molecule has 1 aromatic heterocycles. The molecule has 0 bridgehead atoms. The van der Waals surface area contributed by atoms with E-state index in [0.717, 1.165) is 5.69 Å². The smallest absolute Gasteiger partial charge is 0.308 e. The molecule has 1 heterocycles. The molecular weight excluding hydrogens is 252 g/mol. The normalized spacial score (nSPS) is 13.1. The van der Waals surface area contributed by atoms with Crippen LogP contribution in [-0.2, 0) is 10.2 Å². The van der Waals surface area contributed by atoms with E-state index < -0.39 is 11.9 Å². The van der Waals surface area contributed by atoms with Crippen LogP contribution in [0.25, 0.3) is 0 Å². The lowest BCUT2D eigenvalue weighted by molar-refractivity contribution is -0.140. The number of rotatable bonds is 4. The van der Waals surface area contributed by atoms with Crippen LogP contribution in [0.2, 0.25) is 0 Å². The standard InChI is InChI=1S/C12H18N2O3S/c1-7(11(16)17)5-13-10(15)8-9(12(2,3)4)14-6-18-8/h6-7H,5H2,1-4H3,(H,13,15)(H,16,17). The lowest BCUT2D eigenvalue weighted by Gasteiger charge is -2.17. The number of carbonyl (C=O) groups is 2. The van der Waals surface area contributed by atoms with Crippen LogP contribution < -0.4 is 5.32 Å². The first-order valence-electron chi connectivity index (χ1n) is 5.68. The average molecular weight is 270 g/mol. The summed E-state index contributed by atoms with van der Waals surface area (Å²) in [6.45, 7) is 7.63. The van der Waals surface area contributed by atoms with Gasteiger partial charge in [-0.05, 0) is 0 Å². The summed E-state index contributed by atoms with van der Waals surface area (Å²) in [4.78, 5) is 27.4. The molecule has 0 aromatic carbocycles. The van der Waals surface area contributed by atoms with Crippen molar-refractivity contribution in [3.63, 3.8) is 0 Å². The highest BCUT2D eigenvalue weighted by molar-refractivity contribution is 7.11. The minimum atomic E-state index is -0.921. The van der Waals surface area contributed by atoms with E-state index in [4.69, 9.17) is 5.11 Å². The maximum Gasteiger partial charge on any atom is 0.308 e. The predicted octanol–water partition coefficient (Wildman–Crippen LogP) is 1.89. The van der Waals surface area contributed by atoms with Crippen molar-refractivity contribution in [1.29, 1.82) is 0 Å². The van der Waals surface area contributed by atoms with Gasteiger partial charge in [-0.15, -0.1) is 11.3 Å². The number of hydrogen-bond donors (Lipinski definition) is 2. The monoisotopic (exact) mass is 270 g/mol. The lowest BCUT2D eigenvalue weighted by Crippen LogP contribution is -2.32. The van der Waals surface area contributed by atoms with E-state index >= 15 is 0 Å². The highest BCUT2D eigenvalue weighted by Crippen LogP contribution is 2.26. The van der Waals surface area contributed by atoms with Gasteiger partial charge in [0, 0.05) is 12.0 Å². The fraction of sp³-hybridized carbons (Fsp3) is 0.583. The third-order valence-corrected chi connectivity index (χ3v) is 3.30. The van der Waals surface area contributed by atoms with Gasteiger partial charge in [-0.1, -0.05) is 27.7 Å². The Hall–Kier alpha value is -1.43. The molecule has 0 saturated heterocycles. The molecule has 18 heavy (non-hydrogen) atoms. The summed E-state index contributed by atoms with van der Waals surface area (Å²) < 4.78 is 0. The second-order valence-corrected chi connectivity index (χ2v) is 6.08. The molecule has 6 heteroatoms. The van der Waals surface area contributed by atoms with Gasteiger partial charge in [0.2, 0.25) is 0 Å². The van der Waals surface area contributed by atoms with Crippen LogP contribution in [-0.4, -0.2) is 28.5 Å². The van der Waals surface area contributed by atoms with Gasteiger partial charge in [0.15, 0.2) is 0 Å². The minimum Gasteiger partial charge on any atom is -0.481 e. The number of carbonyl (C=O) groups excluding carboxylic acids is 1. The molecule has 5 nitrogen and oxygen atoms in total. The van der Waals surface area contributed by atoms with Crippen molar-refractivity contribution in [2.45, 2.75) is 33.1 Å². The number of thiazole rings is 1. The Labute approximate surface area is 110 Å². The van der Waals surface area contributed by atoms with Crippen molar-refractivity contribution in [2.24, 2.45) is 5.92 Å². The highest BCUT2D eigenvalue weighted by Gasteiger charge is 2.25. The van der Waals surface area contributed by atoms with Gasteiger partial charge in [0.05, 0.1) is 17.1 Å². The quantitative estimate of drug-likeness (QED) is 0.875. The number of aromatic nitrogens is 1. The molecule has 100 valence electrons. The Morgan fingerprint density at radius 3 is 2.61 bits per heavy atom. The first-order chi connectivity index (χ1) is 8.23. The first kappa shape index (κ1) is 14.6. The molecule has 1 atom stereocenters. The molecule has 0 spiro atoms. The largest absolute Gasteiger partial charge is 0.481 e. The van der Waals surface area contributed by atoms with E-state index in [9.17, 15) is 9.59 Å². The van der Waals surface area contributed by atoms with Gasteiger partial charge in [0.1, 0.15) is 4.88 Å². The Bertz CT molecular complexity index is 448. The predicted molar refractivity (Wildman–Crippen MR) is 69.9 cm³/mol. The fourth-order valence-corrected chi connectivity index (χ4v) is 2.27. The molecule has 0 aliphatic heterocycles. The molecule has 1 unspecified atom stereocenters. The molecular formula is C12H18N2O3S. The number of carboxylic acid groups (broad SMARTS) is 1. The molecule has 1 rings (SSSR count). The van der Waals surface area contributed by atoms with E-state index in [-0.39, 0.29) is 17.9 Å². The van der Waals surface area contributed by atoms with E-state index in [2.05, 4.69) is 10.3 Å².